The Bertz CT molecular complexity index is 350. The van der Waals surface area contributed by atoms with Crippen LogP contribution in [0.3, 0.4) is 0 Å². The second-order valence-electron chi connectivity index (χ2n) is 3.26. The largest absolute Gasteiger partial charge is 0.463 e. The molecule has 0 spiro atoms. The molecule has 18 heavy (non-hydrogen) atoms. The number of anilines is 1. The summed E-state index contributed by atoms with van der Waals surface area (Å²) in [4.78, 5) is 11.9. The summed E-state index contributed by atoms with van der Waals surface area (Å²) in [6, 6.07) is 0.343. The van der Waals surface area contributed by atoms with Crippen LogP contribution in [-0.4, -0.2) is 41.4 Å². The van der Waals surface area contributed by atoms with Crippen molar-refractivity contribution in [2.24, 2.45) is 5.84 Å². The van der Waals surface area contributed by atoms with Crippen molar-refractivity contribution < 1.29 is 14.2 Å². The fourth-order valence-electron chi connectivity index (χ4n) is 1.06. The van der Waals surface area contributed by atoms with Crippen molar-refractivity contribution in [3.05, 3.63) is 0 Å². The zero-order chi connectivity index (χ0) is 13.2. The van der Waals surface area contributed by atoms with Gasteiger partial charge in [0.05, 0.1) is 13.2 Å². The first-order valence-corrected chi connectivity index (χ1v) is 5.86. The SMILES string of the molecule is CCCOc1nc(NN)nc(OCCOCC)n1. The highest BCUT2D eigenvalue weighted by Crippen LogP contribution is 2.12. The van der Waals surface area contributed by atoms with Gasteiger partial charge in [0.25, 0.3) is 0 Å². The number of nitrogen functional groups attached to an aromatic ring is 1. The molecule has 102 valence electrons. The summed E-state index contributed by atoms with van der Waals surface area (Å²) in [5.41, 5.74) is 2.33. The molecular weight excluding hydrogens is 238 g/mol. The molecule has 0 bridgehead atoms. The van der Waals surface area contributed by atoms with E-state index in [1.807, 2.05) is 13.8 Å². The molecule has 1 heterocycles. The first-order chi connectivity index (χ1) is 8.80. The number of rotatable bonds is 9. The van der Waals surface area contributed by atoms with Gasteiger partial charge >= 0.3 is 12.0 Å². The van der Waals surface area contributed by atoms with E-state index in [2.05, 4.69) is 20.4 Å². The summed E-state index contributed by atoms with van der Waals surface area (Å²) in [6.45, 7) is 5.89. The Morgan fingerprint density at radius 1 is 1.00 bits per heavy atom. The van der Waals surface area contributed by atoms with Crippen molar-refractivity contribution in [1.82, 2.24) is 15.0 Å². The summed E-state index contributed by atoms with van der Waals surface area (Å²) in [6.07, 6.45) is 0.859. The van der Waals surface area contributed by atoms with Crippen LogP contribution >= 0.6 is 0 Å². The highest BCUT2D eigenvalue weighted by atomic mass is 16.5. The maximum Gasteiger partial charge on any atom is 0.324 e. The third-order valence-electron chi connectivity index (χ3n) is 1.82. The van der Waals surface area contributed by atoms with Gasteiger partial charge < -0.3 is 14.2 Å². The second-order valence-corrected chi connectivity index (χ2v) is 3.26. The predicted molar refractivity (Wildman–Crippen MR) is 65.4 cm³/mol. The Labute approximate surface area is 106 Å². The highest BCUT2D eigenvalue weighted by molar-refractivity contribution is 5.25. The van der Waals surface area contributed by atoms with E-state index in [-0.39, 0.29) is 18.0 Å². The van der Waals surface area contributed by atoms with E-state index in [9.17, 15) is 0 Å². The lowest BCUT2D eigenvalue weighted by atomic mass is 10.5. The van der Waals surface area contributed by atoms with Gasteiger partial charge in [-0.25, -0.2) is 5.84 Å². The van der Waals surface area contributed by atoms with Gasteiger partial charge in [-0.15, -0.1) is 4.98 Å². The molecule has 0 unspecified atom stereocenters. The first-order valence-electron chi connectivity index (χ1n) is 5.86. The van der Waals surface area contributed by atoms with Gasteiger partial charge in [-0.05, 0) is 13.3 Å². The van der Waals surface area contributed by atoms with Gasteiger partial charge in [-0.3, -0.25) is 5.43 Å². The summed E-state index contributed by atoms with van der Waals surface area (Å²) in [5, 5.41) is 0. The minimum atomic E-state index is 0.156. The molecule has 1 aromatic heterocycles. The molecule has 0 aliphatic carbocycles. The number of nitrogens with two attached hydrogens (primary N) is 1. The van der Waals surface area contributed by atoms with E-state index in [1.54, 1.807) is 0 Å². The highest BCUT2D eigenvalue weighted by Gasteiger charge is 2.07. The standard InChI is InChI=1S/C10H19N5O3/c1-3-5-17-9-12-8(15-11)13-10(14-9)18-7-6-16-4-2/h3-7,11H2,1-2H3,(H,12,13,14,15). The summed E-state index contributed by atoms with van der Waals surface area (Å²) in [7, 11) is 0. The van der Waals surface area contributed by atoms with Crippen LogP contribution in [0.25, 0.3) is 0 Å². The number of hydrogen-bond acceptors (Lipinski definition) is 8. The quantitative estimate of drug-likeness (QED) is 0.371. The summed E-state index contributed by atoms with van der Waals surface area (Å²) >= 11 is 0. The maximum absolute atomic E-state index is 5.31. The maximum atomic E-state index is 5.31. The van der Waals surface area contributed by atoms with Crippen molar-refractivity contribution in [2.75, 3.05) is 31.9 Å². The monoisotopic (exact) mass is 257 g/mol. The third-order valence-corrected chi connectivity index (χ3v) is 1.82. The van der Waals surface area contributed by atoms with E-state index in [4.69, 9.17) is 20.1 Å². The topological polar surface area (TPSA) is 104 Å². The molecule has 8 nitrogen and oxygen atoms in total. The first kappa shape index (κ1) is 14.4. The Hall–Kier alpha value is -1.67. The van der Waals surface area contributed by atoms with Gasteiger partial charge in [-0.1, -0.05) is 6.92 Å². The van der Waals surface area contributed by atoms with E-state index >= 15 is 0 Å². The van der Waals surface area contributed by atoms with E-state index in [0.717, 1.165) is 6.42 Å². The van der Waals surface area contributed by atoms with Crippen LogP contribution < -0.4 is 20.7 Å². The van der Waals surface area contributed by atoms with Gasteiger partial charge in [0, 0.05) is 6.61 Å². The summed E-state index contributed by atoms with van der Waals surface area (Å²) in [5.74, 6) is 5.45. The molecule has 1 aromatic rings. The van der Waals surface area contributed by atoms with Gasteiger partial charge in [0.1, 0.15) is 6.61 Å². The van der Waals surface area contributed by atoms with E-state index in [1.165, 1.54) is 0 Å². The molecule has 3 N–H and O–H groups in total. The van der Waals surface area contributed by atoms with Crippen LogP contribution in [0.1, 0.15) is 20.3 Å². The number of ether oxygens (including phenoxy) is 3. The molecule has 0 aliphatic rings. The molecule has 1 rings (SSSR count). The lowest BCUT2D eigenvalue weighted by molar-refractivity contribution is 0.105. The average molecular weight is 257 g/mol. The number of nitrogens with zero attached hydrogens (tertiary/aromatic N) is 3. The second kappa shape index (κ2) is 8.43. The molecular formula is C10H19N5O3. The lowest BCUT2D eigenvalue weighted by Gasteiger charge is -2.08. The normalized spacial score (nSPS) is 10.2. The molecule has 0 aromatic carbocycles. The molecule has 0 saturated heterocycles. The minimum Gasteiger partial charge on any atom is -0.463 e. The zero-order valence-corrected chi connectivity index (χ0v) is 10.7. The van der Waals surface area contributed by atoms with Gasteiger partial charge in [0.15, 0.2) is 0 Å². The average Bonchev–Trinajstić information content (AvgIpc) is 2.41. The molecule has 0 fully saturated rings. The molecule has 0 atom stereocenters. The number of nitrogens with one attached hydrogen (secondary N) is 1. The van der Waals surface area contributed by atoms with Crippen LogP contribution in [0, 0.1) is 0 Å². The fraction of sp³-hybridized carbons (Fsp3) is 0.700. The Kier molecular flexibility index (Phi) is 6.74. The van der Waals surface area contributed by atoms with E-state index in [0.29, 0.717) is 26.4 Å². The third kappa shape index (κ3) is 5.11. The molecule has 0 aliphatic heterocycles. The fourth-order valence-corrected chi connectivity index (χ4v) is 1.06. The van der Waals surface area contributed by atoms with Crippen molar-refractivity contribution in [3.8, 4) is 12.0 Å². The van der Waals surface area contributed by atoms with Crippen LogP contribution in [0.2, 0.25) is 0 Å². The van der Waals surface area contributed by atoms with Crippen molar-refractivity contribution in [1.29, 1.82) is 0 Å². The van der Waals surface area contributed by atoms with Crippen molar-refractivity contribution in [2.45, 2.75) is 20.3 Å². The Morgan fingerprint density at radius 3 is 2.22 bits per heavy atom. The number of aromatic nitrogens is 3. The van der Waals surface area contributed by atoms with Crippen molar-refractivity contribution in [3.63, 3.8) is 0 Å². The van der Waals surface area contributed by atoms with Crippen LogP contribution in [-0.2, 0) is 4.74 Å². The van der Waals surface area contributed by atoms with Crippen LogP contribution in [0.15, 0.2) is 0 Å². The van der Waals surface area contributed by atoms with Crippen LogP contribution in [0.4, 0.5) is 5.95 Å². The van der Waals surface area contributed by atoms with Crippen LogP contribution in [0.5, 0.6) is 12.0 Å². The lowest BCUT2D eigenvalue weighted by Crippen LogP contribution is -2.15. The van der Waals surface area contributed by atoms with Crippen molar-refractivity contribution >= 4 is 5.95 Å². The summed E-state index contributed by atoms with van der Waals surface area (Å²) < 4.78 is 15.7. The number of hydrazine groups is 1. The predicted octanol–water partition coefficient (Wildman–Crippen LogP) is 0.361. The number of hydrogen-bond donors (Lipinski definition) is 2. The molecule has 8 heteroatoms. The zero-order valence-electron chi connectivity index (χ0n) is 10.7. The van der Waals surface area contributed by atoms with E-state index < -0.39 is 0 Å². The smallest absolute Gasteiger partial charge is 0.324 e. The Balaban J connectivity index is 2.58. The Morgan fingerprint density at radius 2 is 1.67 bits per heavy atom. The molecule has 0 saturated carbocycles. The van der Waals surface area contributed by atoms with Gasteiger partial charge in [-0.2, -0.15) is 9.97 Å². The van der Waals surface area contributed by atoms with Gasteiger partial charge in [0.2, 0.25) is 5.95 Å². The molecule has 0 radical (unpaired) electrons. The minimum absolute atomic E-state index is 0.156. The molecule has 0 amide bonds.